The summed E-state index contributed by atoms with van der Waals surface area (Å²) in [6.07, 6.45) is 15.7. The van der Waals surface area contributed by atoms with Gasteiger partial charge >= 0.3 is 0 Å². The maximum Gasteiger partial charge on any atom is 0.0968 e. The van der Waals surface area contributed by atoms with Crippen LogP contribution in [0.3, 0.4) is 0 Å². The molecule has 0 aliphatic heterocycles. The van der Waals surface area contributed by atoms with Crippen molar-refractivity contribution in [3.05, 3.63) is 0 Å². The first-order chi connectivity index (χ1) is 10.3. The molecule has 1 atom stereocenters. The molecule has 0 aromatic carbocycles. The Morgan fingerprint density at radius 2 is 1.29 bits per heavy atom. The summed E-state index contributed by atoms with van der Waals surface area (Å²) in [7, 11) is 0. The van der Waals surface area contributed by atoms with E-state index in [1.807, 2.05) is 0 Å². The van der Waals surface area contributed by atoms with Crippen molar-refractivity contribution in [3.8, 4) is 0 Å². The van der Waals surface area contributed by atoms with Crippen LogP contribution in [-0.4, -0.2) is 18.9 Å². The zero-order valence-electron chi connectivity index (χ0n) is 14.6. The van der Waals surface area contributed by atoms with Crippen LogP contribution in [0.1, 0.15) is 90.9 Å². The molecule has 1 unspecified atom stereocenters. The lowest BCUT2D eigenvalue weighted by molar-refractivity contribution is 0.485. The third-order valence-corrected chi connectivity index (χ3v) is 4.15. The minimum Gasteiger partial charge on any atom is -0.387 e. The average molecular weight is 298 g/mol. The van der Waals surface area contributed by atoms with Crippen molar-refractivity contribution >= 4 is 5.84 Å². The Labute approximate surface area is 133 Å². The molecule has 0 amide bonds. The lowest BCUT2D eigenvalue weighted by atomic mass is 9.93. The molecule has 0 radical (unpaired) electrons. The first kappa shape index (κ1) is 20.4. The normalized spacial score (nSPS) is 13.6. The van der Waals surface area contributed by atoms with E-state index in [1.54, 1.807) is 0 Å². The molecule has 0 heterocycles. The highest BCUT2D eigenvalue weighted by molar-refractivity contribution is 5.82. The van der Waals surface area contributed by atoms with Crippen LogP contribution in [0.2, 0.25) is 0 Å². The van der Waals surface area contributed by atoms with E-state index in [1.165, 1.54) is 77.0 Å². The van der Waals surface area contributed by atoms with E-state index in [-0.39, 0.29) is 0 Å². The number of amidine groups is 1. The Hall–Kier alpha value is -0.570. The van der Waals surface area contributed by atoms with Gasteiger partial charge in [0.2, 0.25) is 0 Å². The van der Waals surface area contributed by atoms with Gasteiger partial charge in [0, 0.05) is 12.5 Å². The zero-order chi connectivity index (χ0) is 15.8. The van der Waals surface area contributed by atoms with Crippen LogP contribution in [0.5, 0.6) is 0 Å². The number of unbranched alkanes of at least 4 members (excludes halogenated alkanes) is 8. The quantitative estimate of drug-likeness (QED) is 0.263. The van der Waals surface area contributed by atoms with E-state index in [2.05, 4.69) is 18.8 Å². The molecule has 126 valence electrons. The molecule has 0 aromatic rings. The van der Waals surface area contributed by atoms with Gasteiger partial charge in [-0.3, -0.25) is 4.99 Å². The van der Waals surface area contributed by atoms with Gasteiger partial charge in [-0.25, -0.2) is 0 Å². The summed E-state index contributed by atoms with van der Waals surface area (Å²) in [6, 6.07) is 0. The SMILES string of the molecule is CCCCCCCCC(CCCCCC)C(N)=NCCN. The Balaban J connectivity index is 4.00. The van der Waals surface area contributed by atoms with Gasteiger partial charge in [-0.05, 0) is 12.8 Å². The standard InChI is InChI=1S/C18H39N3/c1-3-5-7-9-10-12-14-17(13-11-8-6-4-2)18(20)21-16-15-19/h17H,3-16,19H2,1-2H3,(H2,20,21). The third-order valence-electron chi connectivity index (χ3n) is 4.15. The van der Waals surface area contributed by atoms with Gasteiger partial charge in [0.25, 0.3) is 0 Å². The summed E-state index contributed by atoms with van der Waals surface area (Å²) in [5.41, 5.74) is 11.7. The number of hydrogen-bond donors (Lipinski definition) is 2. The molecule has 0 aromatic heterocycles. The first-order valence-corrected chi connectivity index (χ1v) is 9.26. The Morgan fingerprint density at radius 1 is 0.810 bits per heavy atom. The lowest BCUT2D eigenvalue weighted by Crippen LogP contribution is -2.25. The van der Waals surface area contributed by atoms with Crippen molar-refractivity contribution in [2.45, 2.75) is 90.9 Å². The highest BCUT2D eigenvalue weighted by atomic mass is 14.9. The molecule has 0 aliphatic carbocycles. The van der Waals surface area contributed by atoms with Crippen LogP contribution in [0, 0.1) is 5.92 Å². The molecule has 3 nitrogen and oxygen atoms in total. The van der Waals surface area contributed by atoms with Crippen LogP contribution >= 0.6 is 0 Å². The summed E-state index contributed by atoms with van der Waals surface area (Å²) in [6.45, 7) is 5.79. The highest BCUT2D eigenvalue weighted by Gasteiger charge is 2.12. The molecule has 0 bridgehead atoms. The fraction of sp³-hybridized carbons (Fsp3) is 0.944. The number of aliphatic imine (C=N–C) groups is 1. The fourth-order valence-electron chi connectivity index (χ4n) is 2.75. The van der Waals surface area contributed by atoms with Gasteiger partial charge in [-0.15, -0.1) is 0 Å². The van der Waals surface area contributed by atoms with Gasteiger partial charge in [0.1, 0.15) is 0 Å². The van der Waals surface area contributed by atoms with Crippen LogP contribution in [0.25, 0.3) is 0 Å². The second kappa shape index (κ2) is 15.8. The Morgan fingerprint density at radius 3 is 1.81 bits per heavy atom. The second-order valence-corrected chi connectivity index (χ2v) is 6.20. The predicted octanol–water partition coefficient (Wildman–Crippen LogP) is 4.64. The van der Waals surface area contributed by atoms with E-state index >= 15 is 0 Å². The minimum absolute atomic E-state index is 0.486. The highest BCUT2D eigenvalue weighted by Crippen LogP contribution is 2.19. The molecule has 0 rings (SSSR count). The van der Waals surface area contributed by atoms with Crippen LogP contribution in [0.15, 0.2) is 4.99 Å². The molecule has 0 saturated carbocycles. The molecule has 4 N–H and O–H groups in total. The molecule has 3 heteroatoms. The van der Waals surface area contributed by atoms with Crippen molar-refractivity contribution in [2.75, 3.05) is 13.1 Å². The molecule has 0 spiro atoms. The summed E-state index contributed by atoms with van der Waals surface area (Å²) < 4.78 is 0. The van der Waals surface area contributed by atoms with Gasteiger partial charge in [0.05, 0.1) is 12.4 Å². The molecule has 0 saturated heterocycles. The van der Waals surface area contributed by atoms with E-state index in [0.717, 1.165) is 5.84 Å². The van der Waals surface area contributed by atoms with Crippen molar-refractivity contribution in [3.63, 3.8) is 0 Å². The summed E-state index contributed by atoms with van der Waals surface area (Å²) in [5.74, 6) is 1.34. The summed E-state index contributed by atoms with van der Waals surface area (Å²) in [4.78, 5) is 4.44. The third kappa shape index (κ3) is 12.9. The molecular formula is C18H39N3. The van der Waals surface area contributed by atoms with Gasteiger partial charge in [-0.1, -0.05) is 78.1 Å². The minimum atomic E-state index is 0.486. The summed E-state index contributed by atoms with van der Waals surface area (Å²) in [5, 5.41) is 0. The van der Waals surface area contributed by atoms with Crippen LogP contribution in [-0.2, 0) is 0 Å². The van der Waals surface area contributed by atoms with E-state index in [9.17, 15) is 0 Å². The number of rotatable bonds is 15. The largest absolute Gasteiger partial charge is 0.387 e. The van der Waals surface area contributed by atoms with Crippen molar-refractivity contribution in [2.24, 2.45) is 22.4 Å². The smallest absolute Gasteiger partial charge is 0.0968 e. The van der Waals surface area contributed by atoms with E-state index in [0.29, 0.717) is 19.0 Å². The average Bonchev–Trinajstić information content (AvgIpc) is 2.50. The number of nitrogens with zero attached hydrogens (tertiary/aromatic N) is 1. The van der Waals surface area contributed by atoms with Crippen molar-refractivity contribution in [1.82, 2.24) is 0 Å². The lowest BCUT2D eigenvalue weighted by Gasteiger charge is -2.16. The zero-order valence-corrected chi connectivity index (χ0v) is 14.6. The second-order valence-electron chi connectivity index (χ2n) is 6.20. The number of nitrogens with two attached hydrogens (primary N) is 2. The molecular weight excluding hydrogens is 258 g/mol. The topological polar surface area (TPSA) is 64.4 Å². The Bertz CT molecular complexity index is 239. The van der Waals surface area contributed by atoms with Gasteiger partial charge in [-0.2, -0.15) is 0 Å². The number of hydrogen-bond acceptors (Lipinski definition) is 2. The van der Waals surface area contributed by atoms with Crippen LogP contribution < -0.4 is 11.5 Å². The molecule has 0 aliphatic rings. The maximum atomic E-state index is 6.18. The van der Waals surface area contributed by atoms with Crippen molar-refractivity contribution in [1.29, 1.82) is 0 Å². The van der Waals surface area contributed by atoms with Gasteiger partial charge in [0.15, 0.2) is 0 Å². The maximum absolute atomic E-state index is 6.18. The summed E-state index contributed by atoms with van der Waals surface area (Å²) >= 11 is 0. The van der Waals surface area contributed by atoms with E-state index in [4.69, 9.17) is 11.5 Å². The predicted molar refractivity (Wildman–Crippen MR) is 95.8 cm³/mol. The van der Waals surface area contributed by atoms with E-state index < -0.39 is 0 Å². The van der Waals surface area contributed by atoms with Crippen LogP contribution in [0.4, 0.5) is 0 Å². The monoisotopic (exact) mass is 297 g/mol. The Kier molecular flexibility index (Phi) is 15.4. The molecule has 0 fully saturated rings. The first-order valence-electron chi connectivity index (χ1n) is 9.26. The van der Waals surface area contributed by atoms with Gasteiger partial charge < -0.3 is 11.5 Å². The molecule has 21 heavy (non-hydrogen) atoms. The van der Waals surface area contributed by atoms with Crippen molar-refractivity contribution < 1.29 is 0 Å². The fourth-order valence-corrected chi connectivity index (χ4v) is 2.75.